The average Bonchev–Trinajstić information content (AvgIpc) is 2.48. The van der Waals surface area contributed by atoms with Gasteiger partial charge in [0.2, 0.25) is 0 Å². The molecule has 0 aliphatic carbocycles. The van der Waals surface area contributed by atoms with E-state index in [1.807, 2.05) is 36.4 Å². The molecular weight excluding hydrogens is 342 g/mol. The van der Waals surface area contributed by atoms with Gasteiger partial charge >= 0.3 is 0 Å². The molecule has 0 atom stereocenters. The Morgan fingerprint density at radius 1 is 1.05 bits per heavy atom. The molecule has 0 amide bonds. The van der Waals surface area contributed by atoms with E-state index in [-0.39, 0.29) is 0 Å². The van der Waals surface area contributed by atoms with Gasteiger partial charge in [0.1, 0.15) is 13.2 Å². The van der Waals surface area contributed by atoms with Crippen LogP contribution >= 0.6 is 27.5 Å². The van der Waals surface area contributed by atoms with Gasteiger partial charge in [-0.1, -0.05) is 17.7 Å². The fourth-order valence-electron chi connectivity index (χ4n) is 2.01. The first-order chi connectivity index (χ1) is 9.72. The van der Waals surface area contributed by atoms with Crippen molar-refractivity contribution >= 4 is 33.2 Å². The lowest BCUT2D eigenvalue weighted by Crippen LogP contribution is -2.15. The molecule has 0 radical (unpaired) electrons. The van der Waals surface area contributed by atoms with Crippen LogP contribution in [0.25, 0.3) is 0 Å². The maximum absolute atomic E-state index is 6.08. The van der Waals surface area contributed by atoms with E-state index in [9.17, 15) is 0 Å². The molecule has 1 N–H and O–H groups in total. The van der Waals surface area contributed by atoms with E-state index in [1.54, 1.807) is 0 Å². The first-order valence-corrected chi connectivity index (χ1v) is 7.47. The van der Waals surface area contributed by atoms with Gasteiger partial charge in [-0.2, -0.15) is 0 Å². The average molecular weight is 355 g/mol. The summed E-state index contributed by atoms with van der Waals surface area (Å²) < 4.78 is 12.0. The summed E-state index contributed by atoms with van der Waals surface area (Å²) in [5.74, 6) is 1.59. The molecule has 0 saturated carbocycles. The molecule has 0 unspecified atom stereocenters. The molecule has 5 heteroatoms. The van der Waals surface area contributed by atoms with Crippen molar-refractivity contribution in [3.8, 4) is 11.5 Å². The SMILES string of the molecule is Clc1cc(CNc2ccc3c(c2)OCCO3)ccc1Br. The third-order valence-corrected chi connectivity index (χ3v) is 4.26. The summed E-state index contributed by atoms with van der Waals surface area (Å²) in [6.45, 7) is 1.91. The number of benzene rings is 2. The van der Waals surface area contributed by atoms with E-state index in [0.717, 1.165) is 27.2 Å². The zero-order valence-corrected chi connectivity index (χ0v) is 13.0. The molecule has 1 heterocycles. The lowest BCUT2D eigenvalue weighted by atomic mass is 10.2. The molecule has 1 aliphatic rings. The molecule has 0 bridgehead atoms. The van der Waals surface area contributed by atoms with Crippen molar-refractivity contribution < 1.29 is 9.47 Å². The molecule has 0 fully saturated rings. The van der Waals surface area contributed by atoms with E-state index in [4.69, 9.17) is 21.1 Å². The van der Waals surface area contributed by atoms with Gasteiger partial charge in [-0.3, -0.25) is 0 Å². The fourth-order valence-corrected chi connectivity index (χ4v) is 2.46. The monoisotopic (exact) mass is 353 g/mol. The number of fused-ring (bicyclic) bond motifs is 1. The van der Waals surface area contributed by atoms with Gasteiger partial charge in [-0.25, -0.2) is 0 Å². The number of halogens is 2. The molecule has 2 aromatic rings. The highest BCUT2D eigenvalue weighted by Crippen LogP contribution is 2.32. The van der Waals surface area contributed by atoms with Crippen LogP contribution in [0.5, 0.6) is 11.5 Å². The van der Waals surface area contributed by atoms with Crippen LogP contribution in [0.15, 0.2) is 40.9 Å². The van der Waals surface area contributed by atoms with Crippen LogP contribution in [0.1, 0.15) is 5.56 Å². The van der Waals surface area contributed by atoms with Crippen LogP contribution in [0.2, 0.25) is 5.02 Å². The number of hydrogen-bond donors (Lipinski definition) is 1. The zero-order valence-electron chi connectivity index (χ0n) is 10.7. The van der Waals surface area contributed by atoms with Crippen LogP contribution in [0, 0.1) is 0 Å². The van der Waals surface area contributed by atoms with Crippen molar-refractivity contribution in [2.24, 2.45) is 0 Å². The Bertz CT molecular complexity index is 633. The Labute approximate surface area is 131 Å². The number of anilines is 1. The highest BCUT2D eigenvalue weighted by molar-refractivity contribution is 9.10. The first kappa shape index (κ1) is 13.6. The molecule has 0 spiro atoms. The van der Waals surface area contributed by atoms with E-state index >= 15 is 0 Å². The highest BCUT2D eigenvalue weighted by atomic mass is 79.9. The molecule has 2 aromatic carbocycles. The summed E-state index contributed by atoms with van der Waals surface area (Å²) in [5, 5.41) is 4.06. The van der Waals surface area contributed by atoms with Crippen molar-refractivity contribution in [1.29, 1.82) is 0 Å². The number of hydrogen-bond acceptors (Lipinski definition) is 3. The van der Waals surface area contributed by atoms with E-state index in [1.165, 1.54) is 0 Å². The largest absolute Gasteiger partial charge is 0.486 e. The minimum atomic E-state index is 0.596. The summed E-state index contributed by atoms with van der Waals surface area (Å²) in [6, 6.07) is 11.8. The summed E-state index contributed by atoms with van der Waals surface area (Å²) in [5.41, 5.74) is 2.11. The minimum absolute atomic E-state index is 0.596. The van der Waals surface area contributed by atoms with Gasteiger partial charge in [0.15, 0.2) is 11.5 Å². The van der Waals surface area contributed by atoms with Crippen LogP contribution in [0.3, 0.4) is 0 Å². The smallest absolute Gasteiger partial charge is 0.163 e. The third kappa shape index (κ3) is 3.02. The summed E-state index contributed by atoms with van der Waals surface area (Å²) >= 11 is 9.46. The molecule has 0 saturated heterocycles. The predicted molar refractivity (Wildman–Crippen MR) is 83.9 cm³/mol. The molecule has 20 heavy (non-hydrogen) atoms. The Kier molecular flexibility index (Phi) is 4.03. The summed E-state index contributed by atoms with van der Waals surface area (Å²) in [6.07, 6.45) is 0. The summed E-state index contributed by atoms with van der Waals surface area (Å²) in [4.78, 5) is 0. The predicted octanol–water partition coefficient (Wildman–Crippen LogP) is 4.49. The first-order valence-electron chi connectivity index (χ1n) is 6.30. The minimum Gasteiger partial charge on any atom is -0.486 e. The van der Waals surface area contributed by atoms with Gasteiger partial charge in [0.25, 0.3) is 0 Å². The van der Waals surface area contributed by atoms with Crippen molar-refractivity contribution in [1.82, 2.24) is 0 Å². The van der Waals surface area contributed by atoms with E-state index in [2.05, 4.69) is 21.2 Å². The van der Waals surface area contributed by atoms with Crippen molar-refractivity contribution in [3.63, 3.8) is 0 Å². The fraction of sp³-hybridized carbons (Fsp3) is 0.200. The van der Waals surface area contributed by atoms with E-state index < -0.39 is 0 Å². The third-order valence-electron chi connectivity index (χ3n) is 3.02. The molecule has 3 nitrogen and oxygen atoms in total. The van der Waals surface area contributed by atoms with Crippen LogP contribution < -0.4 is 14.8 Å². The Morgan fingerprint density at radius 2 is 1.85 bits per heavy atom. The zero-order chi connectivity index (χ0) is 13.9. The maximum atomic E-state index is 6.08. The van der Waals surface area contributed by atoms with Gasteiger partial charge in [-0.05, 0) is 45.8 Å². The Balaban J connectivity index is 1.70. The van der Waals surface area contributed by atoms with Crippen LogP contribution in [0.4, 0.5) is 5.69 Å². The number of ether oxygens (including phenoxy) is 2. The second-order valence-corrected chi connectivity index (χ2v) is 5.72. The normalized spacial score (nSPS) is 13.1. The van der Waals surface area contributed by atoms with Gasteiger partial charge in [0.05, 0.1) is 5.02 Å². The molecule has 3 rings (SSSR count). The second kappa shape index (κ2) is 5.94. The molecule has 104 valence electrons. The van der Waals surface area contributed by atoms with Crippen molar-refractivity contribution in [2.45, 2.75) is 6.54 Å². The topological polar surface area (TPSA) is 30.5 Å². The quantitative estimate of drug-likeness (QED) is 0.881. The lowest BCUT2D eigenvalue weighted by molar-refractivity contribution is 0.171. The van der Waals surface area contributed by atoms with Gasteiger partial charge in [0, 0.05) is 22.8 Å². The van der Waals surface area contributed by atoms with Crippen LogP contribution in [-0.4, -0.2) is 13.2 Å². The van der Waals surface area contributed by atoms with E-state index in [0.29, 0.717) is 24.8 Å². The van der Waals surface area contributed by atoms with Crippen LogP contribution in [-0.2, 0) is 6.54 Å². The molecule has 1 aliphatic heterocycles. The lowest BCUT2D eigenvalue weighted by Gasteiger charge is -2.19. The standard InChI is InChI=1S/C15H13BrClNO2/c16-12-3-1-10(7-13(12)17)9-18-11-2-4-14-15(8-11)20-6-5-19-14/h1-4,7-8,18H,5-6,9H2. The Hall–Kier alpha value is -1.39. The number of rotatable bonds is 3. The molecule has 0 aromatic heterocycles. The molecular formula is C15H13BrClNO2. The van der Waals surface area contributed by atoms with Gasteiger partial charge < -0.3 is 14.8 Å². The maximum Gasteiger partial charge on any atom is 0.163 e. The van der Waals surface area contributed by atoms with Crippen molar-refractivity contribution in [2.75, 3.05) is 18.5 Å². The highest BCUT2D eigenvalue weighted by Gasteiger charge is 2.11. The number of nitrogens with one attached hydrogen (secondary N) is 1. The second-order valence-electron chi connectivity index (χ2n) is 4.46. The summed E-state index contributed by atoms with van der Waals surface area (Å²) in [7, 11) is 0. The van der Waals surface area contributed by atoms with Crippen molar-refractivity contribution in [3.05, 3.63) is 51.5 Å². The van der Waals surface area contributed by atoms with Gasteiger partial charge in [-0.15, -0.1) is 0 Å². The Morgan fingerprint density at radius 3 is 2.65 bits per heavy atom.